The number of hydrogen-bond acceptors (Lipinski definition) is 8. The van der Waals surface area contributed by atoms with Gasteiger partial charge in [0.05, 0.1) is 25.9 Å². The fourth-order valence-corrected chi connectivity index (χ4v) is 8.12. The highest BCUT2D eigenvalue weighted by molar-refractivity contribution is 5.87. The maximum Gasteiger partial charge on any atom is 0.186 e. The van der Waals surface area contributed by atoms with Crippen molar-refractivity contribution < 1.29 is 39.4 Å². The molecule has 0 aromatic rings. The second-order valence-corrected chi connectivity index (χ2v) is 12.0. The molecule has 0 aromatic heterocycles. The van der Waals surface area contributed by atoms with Crippen molar-refractivity contribution in [3.05, 3.63) is 11.6 Å². The third kappa shape index (κ3) is 4.33. The molecule has 0 bridgehead atoms. The Morgan fingerprint density at radius 2 is 1.69 bits per heavy atom. The molecule has 0 aromatic carbocycles. The minimum atomic E-state index is -1.44. The lowest BCUT2D eigenvalue weighted by Gasteiger charge is -2.57. The number of hydrogen-bond donors (Lipinski definition) is 4. The molecule has 1 aliphatic heterocycles. The normalized spacial score (nSPS) is 49.7. The molecule has 1 heterocycles. The van der Waals surface area contributed by atoms with E-state index in [1.54, 1.807) is 0 Å². The lowest BCUT2D eigenvalue weighted by molar-refractivity contribution is -0.302. The van der Waals surface area contributed by atoms with Gasteiger partial charge < -0.3 is 34.6 Å². The third-order valence-electron chi connectivity index (χ3n) is 10.3. The van der Waals surface area contributed by atoms with Gasteiger partial charge in [-0.05, 0) is 68.1 Å². The fraction of sp³-hybridized carbons (Fsp3) is 0.889. The summed E-state index contributed by atoms with van der Waals surface area (Å²) in [5.74, 6) is 2.31. The third-order valence-corrected chi connectivity index (χ3v) is 10.3. The van der Waals surface area contributed by atoms with Gasteiger partial charge in [0.1, 0.15) is 30.2 Å². The Morgan fingerprint density at radius 3 is 2.46 bits per heavy atom. The van der Waals surface area contributed by atoms with Crippen molar-refractivity contribution in [1.82, 2.24) is 0 Å². The summed E-state index contributed by atoms with van der Waals surface area (Å²) < 4.78 is 17.1. The molecule has 5 rings (SSSR count). The van der Waals surface area contributed by atoms with Crippen LogP contribution in [-0.2, 0) is 19.0 Å². The van der Waals surface area contributed by atoms with Gasteiger partial charge in [-0.1, -0.05) is 25.5 Å². The van der Waals surface area contributed by atoms with Crippen molar-refractivity contribution >= 4 is 5.78 Å². The predicted octanol–water partition coefficient (Wildman–Crippen LogP) is 1.72. The van der Waals surface area contributed by atoms with Gasteiger partial charge in [-0.25, -0.2) is 0 Å². The van der Waals surface area contributed by atoms with Gasteiger partial charge in [0.15, 0.2) is 6.29 Å². The van der Waals surface area contributed by atoms with Crippen molar-refractivity contribution in [3.63, 3.8) is 0 Å². The highest BCUT2D eigenvalue weighted by Gasteiger charge is 2.58. The average Bonchev–Trinajstić information content (AvgIpc) is 3.16. The molecule has 4 aliphatic carbocycles. The van der Waals surface area contributed by atoms with Crippen molar-refractivity contribution in [1.29, 1.82) is 0 Å². The van der Waals surface area contributed by atoms with Crippen LogP contribution in [0.15, 0.2) is 11.6 Å². The van der Waals surface area contributed by atoms with Crippen LogP contribution in [0.2, 0.25) is 0 Å². The van der Waals surface area contributed by atoms with Gasteiger partial charge in [0.25, 0.3) is 0 Å². The monoisotopic (exact) mass is 494 g/mol. The van der Waals surface area contributed by atoms with Crippen LogP contribution in [-0.4, -0.2) is 82.8 Å². The van der Waals surface area contributed by atoms with Crippen LogP contribution in [0, 0.1) is 28.6 Å². The lowest BCUT2D eigenvalue weighted by Crippen LogP contribution is -2.59. The van der Waals surface area contributed by atoms with E-state index in [4.69, 9.17) is 14.2 Å². The number of Topliss-reactive ketones (excluding diaryl/α,β-unsaturated/α-hetero) is 1. The first-order valence-electron chi connectivity index (χ1n) is 13.5. The van der Waals surface area contributed by atoms with Gasteiger partial charge in [-0.2, -0.15) is 0 Å². The molecule has 1 saturated heterocycles. The molecular weight excluding hydrogens is 452 g/mol. The number of aliphatic hydroxyl groups excluding tert-OH is 4. The van der Waals surface area contributed by atoms with E-state index in [0.717, 1.165) is 51.4 Å². The second kappa shape index (κ2) is 9.78. The topological polar surface area (TPSA) is 126 Å². The summed E-state index contributed by atoms with van der Waals surface area (Å²) in [6, 6.07) is 0. The second-order valence-electron chi connectivity index (χ2n) is 12.0. The van der Waals surface area contributed by atoms with Crippen molar-refractivity contribution in [2.24, 2.45) is 28.6 Å². The van der Waals surface area contributed by atoms with Crippen LogP contribution in [0.4, 0.5) is 0 Å². The standard InChI is InChI=1S/C27H42O8/c1-26-9-7-16(33-11-12-34-25-24(32)23(31)22(30)20(14-28)35-25)13-15(26)3-4-17-18-5-6-21(29)27(18,2)10-8-19(17)26/h3,16-20,22-25,28,30-32H,4-14H2,1-2H3/t16-,17-,18-,19-,20+,22+,23-,24+,25-,26-,27-/m0/s1. The first-order valence-corrected chi connectivity index (χ1v) is 13.5. The van der Waals surface area contributed by atoms with Crippen molar-refractivity contribution in [3.8, 4) is 0 Å². The molecule has 35 heavy (non-hydrogen) atoms. The Kier molecular flexibility index (Phi) is 7.20. The van der Waals surface area contributed by atoms with Gasteiger partial charge in [0.2, 0.25) is 0 Å². The molecule has 0 radical (unpaired) electrons. The predicted molar refractivity (Wildman–Crippen MR) is 126 cm³/mol. The van der Waals surface area contributed by atoms with E-state index in [0.29, 0.717) is 30.1 Å². The summed E-state index contributed by atoms with van der Waals surface area (Å²) in [6.07, 6.45) is 4.34. The molecule has 4 N–H and O–H groups in total. The zero-order valence-electron chi connectivity index (χ0n) is 21.0. The smallest absolute Gasteiger partial charge is 0.186 e. The summed E-state index contributed by atoms with van der Waals surface area (Å²) in [6.45, 7) is 4.69. The van der Waals surface area contributed by atoms with Crippen LogP contribution >= 0.6 is 0 Å². The van der Waals surface area contributed by atoms with Crippen LogP contribution in [0.25, 0.3) is 0 Å². The quantitative estimate of drug-likeness (QED) is 0.325. The van der Waals surface area contributed by atoms with Crippen LogP contribution in [0.3, 0.4) is 0 Å². The molecule has 0 amide bonds. The van der Waals surface area contributed by atoms with E-state index < -0.39 is 37.3 Å². The van der Waals surface area contributed by atoms with Gasteiger partial charge in [-0.15, -0.1) is 0 Å². The number of fused-ring (bicyclic) bond motifs is 5. The molecule has 198 valence electrons. The van der Waals surface area contributed by atoms with E-state index in [1.807, 2.05) is 0 Å². The van der Waals surface area contributed by atoms with E-state index in [9.17, 15) is 25.2 Å². The average molecular weight is 495 g/mol. The molecular formula is C27H42O8. The van der Waals surface area contributed by atoms with Crippen LogP contribution in [0.1, 0.15) is 65.2 Å². The van der Waals surface area contributed by atoms with E-state index in [-0.39, 0.29) is 23.5 Å². The first kappa shape index (κ1) is 25.8. The summed E-state index contributed by atoms with van der Waals surface area (Å²) in [7, 11) is 0. The van der Waals surface area contributed by atoms with Gasteiger partial charge in [-0.3, -0.25) is 4.79 Å². The van der Waals surface area contributed by atoms with Crippen molar-refractivity contribution in [2.75, 3.05) is 19.8 Å². The number of aliphatic hydroxyl groups is 4. The molecule has 5 aliphatic rings. The largest absolute Gasteiger partial charge is 0.394 e. The highest BCUT2D eigenvalue weighted by Crippen LogP contribution is 2.64. The van der Waals surface area contributed by atoms with Gasteiger partial charge >= 0.3 is 0 Å². The number of allylic oxidation sites excluding steroid dienone is 1. The Morgan fingerprint density at radius 1 is 0.971 bits per heavy atom. The molecule has 0 spiro atoms. The Balaban J connectivity index is 1.14. The zero-order chi connectivity index (χ0) is 25.0. The minimum Gasteiger partial charge on any atom is -0.394 e. The Hall–Kier alpha value is -0.870. The number of carbonyl (C=O) groups is 1. The Labute approximate surface area is 207 Å². The molecule has 0 unspecified atom stereocenters. The summed E-state index contributed by atoms with van der Waals surface area (Å²) in [5, 5.41) is 39.2. The fourth-order valence-electron chi connectivity index (χ4n) is 8.12. The molecule has 4 fully saturated rings. The summed E-state index contributed by atoms with van der Waals surface area (Å²) in [5.41, 5.74) is 1.62. The molecule has 3 saturated carbocycles. The van der Waals surface area contributed by atoms with Crippen molar-refractivity contribution in [2.45, 2.75) is 102 Å². The molecule has 11 atom stereocenters. The maximum absolute atomic E-state index is 12.6. The van der Waals surface area contributed by atoms with Gasteiger partial charge in [0, 0.05) is 11.8 Å². The van der Waals surface area contributed by atoms with Crippen LogP contribution in [0.5, 0.6) is 0 Å². The summed E-state index contributed by atoms with van der Waals surface area (Å²) in [4.78, 5) is 12.6. The number of rotatable bonds is 6. The SMILES string of the molecule is C[C@]12CC[C@H](OCCO[C@H]3O[C@H](CO)[C@@H](O)[C@H](O)[C@H]3O)CC1=CC[C@@H]1[C@@H]2CC[C@]2(C)C(=O)CC[C@@H]12. The van der Waals surface area contributed by atoms with E-state index in [2.05, 4.69) is 19.9 Å². The number of carbonyl (C=O) groups excluding carboxylic acids is 1. The number of ether oxygens (including phenoxy) is 3. The zero-order valence-corrected chi connectivity index (χ0v) is 21.0. The van der Waals surface area contributed by atoms with E-state index >= 15 is 0 Å². The number of ketones is 1. The maximum atomic E-state index is 12.6. The minimum absolute atomic E-state index is 0.0931. The molecule has 8 heteroatoms. The summed E-state index contributed by atoms with van der Waals surface area (Å²) >= 11 is 0. The Bertz CT molecular complexity index is 828. The van der Waals surface area contributed by atoms with E-state index in [1.165, 1.54) is 5.57 Å². The first-order chi connectivity index (χ1) is 16.7. The van der Waals surface area contributed by atoms with Crippen LogP contribution < -0.4 is 0 Å². The molecule has 8 nitrogen and oxygen atoms in total. The lowest BCUT2D eigenvalue weighted by atomic mass is 9.48. The highest BCUT2D eigenvalue weighted by atomic mass is 16.7.